The summed E-state index contributed by atoms with van der Waals surface area (Å²) in [7, 11) is 0. The van der Waals surface area contributed by atoms with Crippen LogP contribution in [0.25, 0.3) is 0 Å². The average Bonchev–Trinajstić information content (AvgIpc) is 2.31. The molecule has 0 radical (unpaired) electrons. The van der Waals surface area contributed by atoms with Gasteiger partial charge in [-0.05, 0) is 25.0 Å². The van der Waals surface area contributed by atoms with Crippen molar-refractivity contribution < 1.29 is 0 Å². The Labute approximate surface area is 94.9 Å². The molecule has 2 atom stereocenters. The number of fused-ring (bicyclic) bond motifs is 1. The van der Waals surface area contributed by atoms with Gasteiger partial charge in [-0.1, -0.05) is 0 Å². The summed E-state index contributed by atoms with van der Waals surface area (Å²) in [6.07, 6.45) is 4.36. The van der Waals surface area contributed by atoms with Crippen LogP contribution in [0.15, 0.2) is 18.3 Å². The minimum atomic E-state index is 0.490. The van der Waals surface area contributed by atoms with Crippen LogP contribution >= 0.6 is 0 Å². The van der Waals surface area contributed by atoms with Gasteiger partial charge in [-0.25, -0.2) is 4.98 Å². The lowest BCUT2D eigenvalue weighted by Gasteiger charge is -2.49. The smallest absolute Gasteiger partial charge is 0.140 e. The Morgan fingerprint density at radius 1 is 1.44 bits per heavy atom. The molecule has 3 rings (SSSR count). The van der Waals surface area contributed by atoms with E-state index >= 15 is 0 Å². The lowest BCUT2D eigenvalue weighted by atomic mass is 9.83. The third-order valence-electron chi connectivity index (χ3n) is 3.59. The zero-order valence-corrected chi connectivity index (χ0v) is 9.06. The first kappa shape index (κ1) is 9.61. The Morgan fingerprint density at radius 2 is 2.38 bits per heavy atom. The number of nitrogens with zero attached hydrogens (tertiary/aromatic N) is 3. The van der Waals surface area contributed by atoms with E-state index in [-0.39, 0.29) is 0 Å². The van der Waals surface area contributed by atoms with Crippen LogP contribution in [0.3, 0.4) is 0 Å². The minimum absolute atomic E-state index is 0.490. The van der Waals surface area contributed by atoms with Gasteiger partial charge in [0.15, 0.2) is 0 Å². The Morgan fingerprint density at radius 3 is 3.00 bits per heavy atom. The van der Waals surface area contributed by atoms with Crippen LogP contribution in [0.5, 0.6) is 0 Å². The van der Waals surface area contributed by atoms with E-state index < -0.39 is 0 Å². The zero-order chi connectivity index (χ0) is 11.0. The topological polar surface area (TPSA) is 52.0 Å². The number of hydrogen-bond acceptors (Lipinski definition) is 4. The summed E-state index contributed by atoms with van der Waals surface area (Å²) >= 11 is 0. The highest BCUT2D eigenvalue weighted by Crippen LogP contribution is 2.31. The number of rotatable bonds is 1. The van der Waals surface area contributed by atoms with E-state index in [0.29, 0.717) is 17.8 Å². The maximum Gasteiger partial charge on any atom is 0.140 e. The molecule has 2 aliphatic rings. The van der Waals surface area contributed by atoms with Gasteiger partial charge in [0.2, 0.25) is 0 Å². The molecule has 4 nitrogen and oxygen atoms in total. The predicted octanol–water partition coefficient (Wildman–Crippen LogP) is 0.894. The van der Waals surface area contributed by atoms with Crippen molar-refractivity contribution in [3.63, 3.8) is 0 Å². The summed E-state index contributed by atoms with van der Waals surface area (Å²) in [6, 6.07) is 7.14. The molecule has 0 aromatic carbocycles. The Hall–Kier alpha value is -1.60. The second kappa shape index (κ2) is 3.76. The highest BCUT2D eigenvalue weighted by Gasteiger charge is 2.38. The number of aromatic nitrogens is 1. The summed E-state index contributed by atoms with van der Waals surface area (Å²) in [5.41, 5.74) is 1.64. The molecule has 2 heterocycles. The number of anilines is 1. The Balaban J connectivity index is 1.83. The summed E-state index contributed by atoms with van der Waals surface area (Å²) in [4.78, 5) is 6.55. The lowest BCUT2D eigenvalue weighted by Crippen LogP contribution is -2.63. The van der Waals surface area contributed by atoms with Crippen LogP contribution in [0, 0.1) is 11.3 Å². The van der Waals surface area contributed by atoms with Gasteiger partial charge < -0.3 is 10.2 Å². The molecule has 0 bridgehead atoms. The fourth-order valence-corrected chi connectivity index (χ4v) is 2.57. The molecule has 1 aromatic heterocycles. The first-order valence-electron chi connectivity index (χ1n) is 5.74. The fourth-order valence-electron chi connectivity index (χ4n) is 2.57. The number of nitrogens with one attached hydrogen (secondary N) is 1. The van der Waals surface area contributed by atoms with Gasteiger partial charge in [-0.3, -0.25) is 0 Å². The molecular formula is C12H14N4. The summed E-state index contributed by atoms with van der Waals surface area (Å²) in [5, 5.41) is 12.2. The van der Waals surface area contributed by atoms with Crippen molar-refractivity contribution >= 4 is 5.69 Å². The standard InChI is InChI=1S/C12H14N4/c13-7-9-1-2-10(8-15-9)16-6-5-14-11-3-4-12(11)16/h1-2,8,11-12,14H,3-6H2. The van der Waals surface area contributed by atoms with E-state index in [0.717, 1.165) is 18.8 Å². The third-order valence-corrected chi connectivity index (χ3v) is 3.59. The van der Waals surface area contributed by atoms with Crippen LogP contribution < -0.4 is 10.2 Å². The van der Waals surface area contributed by atoms with Gasteiger partial charge in [0.25, 0.3) is 0 Å². The molecule has 1 aromatic rings. The minimum Gasteiger partial charge on any atom is -0.364 e. The van der Waals surface area contributed by atoms with Crippen molar-refractivity contribution in [1.29, 1.82) is 5.26 Å². The van der Waals surface area contributed by atoms with E-state index in [4.69, 9.17) is 5.26 Å². The molecule has 1 aliphatic heterocycles. The van der Waals surface area contributed by atoms with Gasteiger partial charge in [-0.2, -0.15) is 5.26 Å². The van der Waals surface area contributed by atoms with Gasteiger partial charge in [0.05, 0.1) is 11.9 Å². The molecule has 1 saturated carbocycles. The number of pyridine rings is 1. The predicted molar refractivity (Wildman–Crippen MR) is 61.1 cm³/mol. The molecule has 0 spiro atoms. The van der Waals surface area contributed by atoms with Crippen LogP contribution in [-0.2, 0) is 0 Å². The van der Waals surface area contributed by atoms with Crippen molar-refractivity contribution in [2.24, 2.45) is 0 Å². The third kappa shape index (κ3) is 1.44. The van der Waals surface area contributed by atoms with Crippen molar-refractivity contribution in [3.8, 4) is 6.07 Å². The molecule has 2 unspecified atom stereocenters. The maximum atomic E-state index is 8.71. The Kier molecular flexibility index (Phi) is 2.26. The molecule has 1 N–H and O–H groups in total. The molecule has 0 amide bonds. The lowest BCUT2D eigenvalue weighted by molar-refractivity contribution is 0.240. The summed E-state index contributed by atoms with van der Waals surface area (Å²) in [5.74, 6) is 0. The number of nitriles is 1. The molecule has 4 heteroatoms. The second-order valence-corrected chi connectivity index (χ2v) is 4.41. The molecular weight excluding hydrogens is 200 g/mol. The van der Waals surface area contributed by atoms with Gasteiger partial charge in [0.1, 0.15) is 11.8 Å². The number of piperazine rings is 1. The molecule has 16 heavy (non-hydrogen) atoms. The highest BCUT2D eigenvalue weighted by atomic mass is 15.3. The van der Waals surface area contributed by atoms with Gasteiger partial charge >= 0.3 is 0 Å². The number of hydrogen-bond donors (Lipinski definition) is 1. The van der Waals surface area contributed by atoms with E-state index in [1.807, 2.05) is 18.3 Å². The van der Waals surface area contributed by atoms with Gasteiger partial charge in [-0.15, -0.1) is 0 Å². The second-order valence-electron chi connectivity index (χ2n) is 4.41. The molecule has 82 valence electrons. The summed E-state index contributed by atoms with van der Waals surface area (Å²) < 4.78 is 0. The van der Waals surface area contributed by atoms with E-state index in [1.165, 1.54) is 12.8 Å². The van der Waals surface area contributed by atoms with Crippen molar-refractivity contribution in [2.45, 2.75) is 24.9 Å². The molecule has 1 aliphatic carbocycles. The van der Waals surface area contributed by atoms with Crippen molar-refractivity contribution in [1.82, 2.24) is 10.3 Å². The van der Waals surface area contributed by atoms with Crippen molar-refractivity contribution in [2.75, 3.05) is 18.0 Å². The molecule has 1 saturated heterocycles. The van der Waals surface area contributed by atoms with Crippen LogP contribution in [0.4, 0.5) is 5.69 Å². The SMILES string of the molecule is N#Cc1ccc(N2CCNC3CCC32)cn1. The molecule has 2 fully saturated rings. The van der Waals surface area contributed by atoms with E-state index in [9.17, 15) is 0 Å². The fraction of sp³-hybridized carbons (Fsp3) is 0.500. The maximum absolute atomic E-state index is 8.71. The first-order chi connectivity index (χ1) is 7.88. The first-order valence-corrected chi connectivity index (χ1v) is 5.74. The highest BCUT2D eigenvalue weighted by molar-refractivity contribution is 5.48. The normalized spacial score (nSPS) is 27.8. The van der Waals surface area contributed by atoms with Crippen molar-refractivity contribution in [3.05, 3.63) is 24.0 Å². The van der Waals surface area contributed by atoms with Crippen LogP contribution in [0.1, 0.15) is 18.5 Å². The van der Waals surface area contributed by atoms with Crippen LogP contribution in [-0.4, -0.2) is 30.2 Å². The van der Waals surface area contributed by atoms with Gasteiger partial charge in [0, 0.05) is 25.2 Å². The zero-order valence-electron chi connectivity index (χ0n) is 9.06. The monoisotopic (exact) mass is 214 g/mol. The summed E-state index contributed by atoms with van der Waals surface area (Å²) in [6.45, 7) is 2.08. The van der Waals surface area contributed by atoms with E-state index in [2.05, 4.69) is 15.2 Å². The largest absolute Gasteiger partial charge is 0.364 e. The van der Waals surface area contributed by atoms with Crippen LogP contribution in [0.2, 0.25) is 0 Å². The average molecular weight is 214 g/mol. The Bertz CT molecular complexity index is 420. The quantitative estimate of drug-likeness (QED) is 0.754. The van der Waals surface area contributed by atoms with E-state index in [1.54, 1.807) is 6.07 Å².